The Hall–Kier alpha value is -3.54. The fourth-order valence-corrected chi connectivity index (χ4v) is 7.83. The maximum absolute atomic E-state index is 13.7. The molecular formula is C31H38N6O4S. The van der Waals surface area contributed by atoms with E-state index in [1.54, 1.807) is 0 Å². The number of aryl methyl sites for hydroxylation is 1. The number of benzene rings is 2. The van der Waals surface area contributed by atoms with Crippen molar-refractivity contribution in [2.24, 2.45) is 5.92 Å². The van der Waals surface area contributed by atoms with Gasteiger partial charge >= 0.3 is 6.03 Å². The van der Waals surface area contributed by atoms with Gasteiger partial charge in [0.1, 0.15) is 11.5 Å². The number of anilines is 1. The van der Waals surface area contributed by atoms with Gasteiger partial charge in [0.15, 0.2) is 0 Å². The van der Waals surface area contributed by atoms with Gasteiger partial charge in [-0.1, -0.05) is 30.0 Å². The molecule has 222 valence electrons. The number of likely N-dealkylation sites (N-methyl/N-ethyl adjacent to an activating group) is 1. The molecule has 0 aromatic heterocycles. The molecule has 10 nitrogen and oxygen atoms in total. The summed E-state index contributed by atoms with van der Waals surface area (Å²) in [6.45, 7) is 4.31. The minimum atomic E-state index is -0.224. The minimum absolute atomic E-state index is 0.00637. The molecule has 3 fully saturated rings. The highest BCUT2D eigenvalue weighted by Crippen LogP contribution is 2.48. The molecule has 2 aromatic rings. The van der Waals surface area contributed by atoms with Gasteiger partial charge in [0.2, 0.25) is 5.91 Å². The second-order valence-corrected chi connectivity index (χ2v) is 12.8. The van der Waals surface area contributed by atoms with Crippen LogP contribution in [0.5, 0.6) is 11.5 Å². The molecule has 3 saturated heterocycles. The van der Waals surface area contributed by atoms with Crippen LogP contribution < -0.4 is 25.6 Å². The molecule has 4 amide bonds. The highest BCUT2D eigenvalue weighted by Gasteiger charge is 2.52. The highest BCUT2D eigenvalue weighted by atomic mass is 32.2. The van der Waals surface area contributed by atoms with Crippen molar-refractivity contribution in [3.63, 3.8) is 0 Å². The molecule has 6 rings (SSSR count). The van der Waals surface area contributed by atoms with Crippen LogP contribution in [0.4, 0.5) is 10.5 Å². The third-order valence-corrected chi connectivity index (χ3v) is 9.67. The summed E-state index contributed by atoms with van der Waals surface area (Å²) in [5, 5.41) is 9.83. The Morgan fingerprint density at radius 2 is 1.93 bits per heavy atom. The van der Waals surface area contributed by atoms with Crippen molar-refractivity contribution < 1.29 is 19.1 Å². The molecule has 0 spiro atoms. The zero-order valence-corrected chi connectivity index (χ0v) is 25.1. The fourth-order valence-electron chi connectivity index (χ4n) is 6.43. The van der Waals surface area contributed by atoms with Gasteiger partial charge in [0.25, 0.3) is 5.91 Å². The Morgan fingerprint density at radius 3 is 2.69 bits per heavy atom. The third-order valence-electron chi connectivity index (χ3n) is 8.31. The third kappa shape index (κ3) is 5.73. The number of carbonyl (C=O) groups is 3. The van der Waals surface area contributed by atoms with Crippen molar-refractivity contribution in [3.05, 3.63) is 64.7 Å². The lowest BCUT2D eigenvalue weighted by Gasteiger charge is -2.46. The number of carbonyl (C=O) groups excluding carboxylic acids is 3. The number of thioether (sulfide) groups is 1. The smallest absolute Gasteiger partial charge is 0.326 e. The van der Waals surface area contributed by atoms with E-state index in [2.05, 4.69) is 16.0 Å². The van der Waals surface area contributed by atoms with Gasteiger partial charge in [0.05, 0.1) is 22.9 Å². The molecule has 4 aliphatic heterocycles. The molecule has 2 aromatic carbocycles. The van der Waals surface area contributed by atoms with Crippen LogP contribution in [0, 0.1) is 12.8 Å². The summed E-state index contributed by atoms with van der Waals surface area (Å²) in [4.78, 5) is 46.0. The lowest BCUT2D eigenvalue weighted by molar-refractivity contribution is -0.133. The molecule has 4 atom stereocenters. The maximum atomic E-state index is 13.7. The quantitative estimate of drug-likeness (QED) is 0.455. The number of urea groups is 1. The van der Waals surface area contributed by atoms with Gasteiger partial charge in [0, 0.05) is 36.4 Å². The summed E-state index contributed by atoms with van der Waals surface area (Å²) < 4.78 is 6.01. The van der Waals surface area contributed by atoms with E-state index >= 15 is 0 Å². The number of ether oxygens (including phenoxy) is 1. The van der Waals surface area contributed by atoms with Gasteiger partial charge in [-0.05, 0) is 82.7 Å². The van der Waals surface area contributed by atoms with E-state index in [0.29, 0.717) is 36.0 Å². The summed E-state index contributed by atoms with van der Waals surface area (Å²) >= 11 is 1.50. The van der Waals surface area contributed by atoms with Crippen molar-refractivity contribution in [3.8, 4) is 11.5 Å². The van der Waals surface area contributed by atoms with Crippen molar-refractivity contribution in [1.29, 1.82) is 0 Å². The average molecular weight is 591 g/mol. The highest BCUT2D eigenvalue weighted by molar-refractivity contribution is 8.04. The molecule has 3 N–H and O–H groups in total. The zero-order valence-electron chi connectivity index (χ0n) is 24.3. The molecule has 4 aliphatic rings. The van der Waals surface area contributed by atoms with Crippen LogP contribution in [0.15, 0.2) is 59.1 Å². The van der Waals surface area contributed by atoms with Crippen LogP contribution >= 0.6 is 11.8 Å². The number of hydrogen-bond acceptors (Lipinski definition) is 7. The molecule has 0 saturated carbocycles. The van der Waals surface area contributed by atoms with Gasteiger partial charge in [-0.2, -0.15) is 0 Å². The lowest BCUT2D eigenvalue weighted by Crippen LogP contribution is -2.62. The molecule has 0 aliphatic carbocycles. The van der Waals surface area contributed by atoms with E-state index in [-0.39, 0.29) is 41.2 Å². The molecule has 0 radical (unpaired) electrons. The van der Waals surface area contributed by atoms with Crippen molar-refractivity contribution in [1.82, 2.24) is 25.8 Å². The number of amides is 4. The predicted octanol–water partition coefficient (Wildman–Crippen LogP) is 3.25. The Labute approximate surface area is 250 Å². The number of rotatable bonds is 7. The van der Waals surface area contributed by atoms with Gasteiger partial charge < -0.3 is 30.5 Å². The Balaban J connectivity index is 1.19. The van der Waals surface area contributed by atoms with Crippen LogP contribution in [-0.4, -0.2) is 85.4 Å². The van der Waals surface area contributed by atoms with Crippen LogP contribution in [0.1, 0.15) is 24.8 Å². The monoisotopic (exact) mass is 590 g/mol. The van der Waals surface area contributed by atoms with Crippen LogP contribution in [0.3, 0.4) is 0 Å². The number of nitrogens with one attached hydrogen (secondary N) is 3. The van der Waals surface area contributed by atoms with E-state index in [1.807, 2.05) is 84.2 Å². The van der Waals surface area contributed by atoms with Gasteiger partial charge in [-0.3, -0.25) is 14.5 Å². The number of likely N-dealkylation sites (tertiary alicyclic amines) is 1. The van der Waals surface area contributed by atoms with E-state index in [9.17, 15) is 14.4 Å². The topological polar surface area (TPSA) is 106 Å². The molecular weight excluding hydrogens is 552 g/mol. The number of para-hydroxylation sites is 1. The SMILES string of the molecule is Cc1cc(Oc2ccccc2)ccc1N1C(=O)NC2=C(C(=O)N[C@@H]3CCCN(C(=O)CN(C)C)C3)SC3NCCC1C23. The Bertz CT molecular complexity index is 1400. The standard InChI is InChI=1S/C31H38N6O4S/c1-19-16-22(41-21-9-5-4-6-10-21)11-12-23(19)37-24-13-14-32-30-26(24)27(34-31(37)40)28(42-30)29(39)33-20-8-7-15-36(17-20)25(38)18-35(2)3/h4-6,9-12,16,20,24,26,30,32H,7-8,13-15,17-18H2,1-3H3,(H,33,39)(H,34,40)/t20-,24?,26?,30?/m1/s1. The van der Waals surface area contributed by atoms with E-state index in [4.69, 9.17) is 4.74 Å². The van der Waals surface area contributed by atoms with Crippen LogP contribution in [0.2, 0.25) is 0 Å². The first-order chi connectivity index (χ1) is 20.3. The minimum Gasteiger partial charge on any atom is -0.457 e. The first-order valence-electron chi connectivity index (χ1n) is 14.6. The van der Waals surface area contributed by atoms with E-state index in [1.165, 1.54) is 11.8 Å². The maximum Gasteiger partial charge on any atom is 0.326 e. The first-order valence-corrected chi connectivity index (χ1v) is 15.5. The second kappa shape index (κ2) is 12.0. The lowest BCUT2D eigenvalue weighted by atomic mass is 9.86. The summed E-state index contributed by atoms with van der Waals surface area (Å²) in [7, 11) is 3.76. The van der Waals surface area contributed by atoms with E-state index < -0.39 is 0 Å². The first kappa shape index (κ1) is 28.6. The molecule has 3 unspecified atom stereocenters. The molecule has 42 heavy (non-hydrogen) atoms. The van der Waals surface area contributed by atoms with Gasteiger partial charge in [-0.15, -0.1) is 0 Å². The van der Waals surface area contributed by atoms with Crippen molar-refractivity contribution in [2.75, 3.05) is 45.2 Å². The number of piperidine rings is 2. The molecule has 0 bridgehead atoms. The van der Waals surface area contributed by atoms with Crippen molar-refractivity contribution in [2.45, 2.75) is 43.6 Å². The Morgan fingerprint density at radius 1 is 1.12 bits per heavy atom. The molecule has 11 heteroatoms. The summed E-state index contributed by atoms with van der Waals surface area (Å²) in [6.07, 6.45) is 2.45. The van der Waals surface area contributed by atoms with Crippen molar-refractivity contribution >= 4 is 35.3 Å². The van der Waals surface area contributed by atoms with Crippen LogP contribution in [0.25, 0.3) is 0 Å². The summed E-state index contributed by atoms with van der Waals surface area (Å²) in [5.74, 6) is 1.33. The van der Waals surface area contributed by atoms with Crippen LogP contribution in [-0.2, 0) is 9.59 Å². The number of hydrogen-bond donors (Lipinski definition) is 3. The normalized spacial score (nSPS) is 25.3. The molecule has 4 heterocycles. The largest absolute Gasteiger partial charge is 0.457 e. The summed E-state index contributed by atoms with van der Waals surface area (Å²) in [5.41, 5.74) is 2.49. The fraction of sp³-hybridized carbons (Fsp3) is 0.452. The Kier molecular flexibility index (Phi) is 8.15. The summed E-state index contributed by atoms with van der Waals surface area (Å²) in [6, 6.07) is 15.0. The average Bonchev–Trinajstić information content (AvgIpc) is 3.34. The second-order valence-electron chi connectivity index (χ2n) is 11.7. The van der Waals surface area contributed by atoms with Gasteiger partial charge in [-0.25, -0.2) is 4.79 Å². The number of nitrogens with zero attached hydrogens (tertiary/aromatic N) is 3. The van der Waals surface area contributed by atoms with E-state index in [0.717, 1.165) is 42.8 Å². The zero-order chi connectivity index (χ0) is 29.4. The predicted molar refractivity (Wildman–Crippen MR) is 163 cm³/mol.